The maximum atomic E-state index is 11.2. The summed E-state index contributed by atoms with van der Waals surface area (Å²) >= 11 is 1.68. The topological polar surface area (TPSA) is 58.2 Å². The first kappa shape index (κ1) is 13.6. The first-order chi connectivity index (χ1) is 8.22. The van der Waals surface area contributed by atoms with Crippen molar-refractivity contribution in [1.29, 1.82) is 0 Å². The predicted molar refractivity (Wildman–Crippen MR) is 69.8 cm³/mol. The number of hydrogen-bond acceptors (Lipinski definition) is 3. The van der Waals surface area contributed by atoms with Crippen molar-refractivity contribution >= 4 is 23.7 Å². The van der Waals surface area contributed by atoms with Crippen LogP contribution >= 0.6 is 11.8 Å². The normalized spacial score (nSPS) is 9.71. The van der Waals surface area contributed by atoms with Crippen molar-refractivity contribution in [3.05, 3.63) is 35.9 Å². The van der Waals surface area contributed by atoms with Crippen molar-refractivity contribution in [2.24, 2.45) is 0 Å². The number of imide groups is 1. The van der Waals surface area contributed by atoms with Crippen LogP contribution in [0.2, 0.25) is 0 Å². The van der Waals surface area contributed by atoms with E-state index in [4.69, 9.17) is 0 Å². The third kappa shape index (κ3) is 5.97. The molecule has 2 N–H and O–H groups in total. The fourth-order valence-corrected chi connectivity index (χ4v) is 2.08. The standard InChI is InChI=1S/C12H16N2O2S/c1-13-12(16)14-11(15)7-8-17-9-10-5-3-2-4-6-10/h2-6H,7-9H2,1H3,(H2,13,14,15,16). The number of thioether (sulfide) groups is 1. The van der Waals surface area contributed by atoms with E-state index in [0.29, 0.717) is 12.2 Å². The van der Waals surface area contributed by atoms with E-state index in [9.17, 15) is 9.59 Å². The molecule has 1 aromatic rings. The highest BCUT2D eigenvalue weighted by molar-refractivity contribution is 7.98. The zero-order chi connectivity index (χ0) is 12.5. The lowest BCUT2D eigenvalue weighted by molar-refractivity contribution is -0.119. The van der Waals surface area contributed by atoms with Crippen molar-refractivity contribution in [3.63, 3.8) is 0 Å². The first-order valence-electron chi connectivity index (χ1n) is 5.35. The Morgan fingerprint density at radius 3 is 2.59 bits per heavy atom. The average Bonchev–Trinajstić information content (AvgIpc) is 2.36. The van der Waals surface area contributed by atoms with Crippen molar-refractivity contribution < 1.29 is 9.59 Å². The molecule has 0 fully saturated rings. The van der Waals surface area contributed by atoms with E-state index in [1.165, 1.54) is 12.6 Å². The summed E-state index contributed by atoms with van der Waals surface area (Å²) in [6, 6.07) is 9.62. The molecule has 0 aliphatic heterocycles. The number of amides is 3. The lowest BCUT2D eigenvalue weighted by Crippen LogP contribution is -2.37. The lowest BCUT2D eigenvalue weighted by atomic mass is 10.2. The van der Waals surface area contributed by atoms with Crippen LogP contribution in [0.15, 0.2) is 30.3 Å². The lowest BCUT2D eigenvalue weighted by Gasteiger charge is -2.03. The van der Waals surface area contributed by atoms with Gasteiger partial charge in [-0.05, 0) is 5.56 Å². The molecule has 1 aromatic carbocycles. The molecule has 5 heteroatoms. The van der Waals surface area contributed by atoms with E-state index in [1.807, 2.05) is 18.2 Å². The van der Waals surface area contributed by atoms with Gasteiger partial charge >= 0.3 is 6.03 Å². The molecule has 0 heterocycles. The Bertz CT molecular complexity index is 368. The maximum absolute atomic E-state index is 11.2. The Kier molecular flexibility index (Phi) is 6.17. The smallest absolute Gasteiger partial charge is 0.321 e. The van der Waals surface area contributed by atoms with Gasteiger partial charge in [0.25, 0.3) is 0 Å². The quantitative estimate of drug-likeness (QED) is 0.785. The highest BCUT2D eigenvalue weighted by Gasteiger charge is 2.04. The molecule has 4 nitrogen and oxygen atoms in total. The van der Waals surface area contributed by atoms with Crippen LogP contribution in [0, 0.1) is 0 Å². The molecule has 0 aliphatic carbocycles. The summed E-state index contributed by atoms with van der Waals surface area (Å²) in [6.07, 6.45) is 0.352. The van der Waals surface area contributed by atoms with E-state index < -0.39 is 6.03 Å². The minimum absolute atomic E-state index is 0.245. The Labute approximate surface area is 105 Å². The summed E-state index contributed by atoms with van der Waals surface area (Å²) < 4.78 is 0. The molecule has 0 bridgehead atoms. The summed E-state index contributed by atoms with van der Waals surface area (Å²) in [6.45, 7) is 0. The highest BCUT2D eigenvalue weighted by Crippen LogP contribution is 2.12. The molecule has 0 saturated heterocycles. The van der Waals surface area contributed by atoms with Crippen LogP contribution in [-0.4, -0.2) is 24.7 Å². The first-order valence-corrected chi connectivity index (χ1v) is 6.51. The van der Waals surface area contributed by atoms with Gasteiger partial charge in [-0.1, -0.05) is 30.3 Å². The van der Waals surface area contributed by atoms with Gasteiger partial charge < -0.3 is 5.32 Å². The monoisotopic (exact) mass is 252 g/mol. The third-order valence-corrected chi connectivity index (χ3v) is 3.10. The second-order valence-corrected chi connectivity index (χ2v) is 4.52. The molecule has 0 spiro atoms. The zero-order valence-corrected chi connectivity index (χ0v) is 10.5. The molecule has 0 unspecified atom stereocenters. The summed E-state index contributed by atoms with van der Waals surface area (Å²) in [5, 5.41) is 4.56. The van der Waals surface area contributed by atoms with Gasteiger partial charge in [-0.15, -0.1) is 0 Å². The van der Waals surface area contributed by atoms with Gasteiger partial charge in [0, 0.05) is 25.0 Å². The van der Waals surface area contributed by atoms with Gasteiger partial charge in [0.2, 0.25) is 5.91 Å². The van der Waals surface area contributed by atoms with E-state index in [2.05, 4.69) is 22.8 Å². The number of rotatable bonds is 5. The molecule has 0 aliphatic rings. The Balaban J connectivity index is 2.12. The van der Waals surface area contributed by atoms with Gasteiger partial charge in [-0.25, -0.2) is 4.79 Å². The van der Waals surface area contributed by atoms with Gasteiger partial charge in [0.15, 0.2) is 0 Å². The molecule has 0 aromatic heterocycles. The number of hydrogen-bond donors (Lipinski definition) is 2. The van der Waals surface area contributed by atoms with Crippen molar-refractivity contribution in [2.45, 2.75) is 12.2 Å². The van der Waals surface area contributed by atoms with Crippen LogP contribution in [0.25, 0.3) is 0 Å². The van der Waals surface area contributed by atoms with Crippen LogP contribution in [0.5, 0.6) is 0 Å². The van der Waals surface area contributed by atoms with Crippen molar-refractivity contribution in [2.75, 3.05) is 12.8 Å². The van der Waals surface area contributed by atoms with Crippen LogP contribution < -0.4 is 10.6 Å². The van der Waals surface area contributed by atoms with Gasteiger partial charge in [-0.2, -0.15) is 11.8 Å². The largest absolute Gasteiger partial charge is 0.341 e. The molecule has 0 radical (unpaired) electrons. The van der Waals surface area contributed by atoms with E-state index in [1.54, 1.807) is 11.8 Å². The molecular formula is C12H16N2O2S. The Hall–Kier alpha value is -1.49. The number of carbonyl (C=O) groups excluding carboxylic acids is 2. The molecule has 92 valence electrons. The van der Waals surface area contributed by atoms with E-state index >= 15 is 0 Å². The van der Waals surface area contributed by atoms with Crippen LogP contribution in [0.3, 0.4) is 0 Å². The number of benzene rings is 1. The molecule has 0 atom stereocenters. The second kappa shape index (κ2) is 7.73. The van der Waals surface area contributed by atoms with Gasteiger partial charge in [0.1, 0.15) is 0 Å². The van der Waals surface area contributed by atoms with Crippen LogP contribution in [-0.2, 0) is 10.5 Å². The summed E-state index contributed by atoms with van der Waals surface area (Å²) in [5.41, 5.74) is 1.24. The SMILES string of the molecule is CNC(=O)NC(=O)CCSCc1ccccc1. The van der Waals surface area contributed by atoms with Gasteiger partial charge in [-0.3, -0.25) is 10.1 Å². The second-order valence-electron chi connectivity index (χ2n) is 3.42. The van der Waals surface area contributed by atoms with Crippen LogP contribution in [0.1, 0.15) is 12.0 Å². The summed E-state index contributed by atoms with van der Waals surface area (Å²) in [7, 11) is 1.48. The minimum Gasteiger partial charge on any atom is -0.341 e. The van der Waals surface area contributed by atoms with E-state index in [-0.39, 0.29) is 5.91 Å². The minimum atomic E-state index is -0.456. The van der Waals surface area contributed by atoms with Crippen molar-refractivity contribution in [3.8, 4) is 0 Å². The predicted octanol–water partition coefficient (Wildman–Crippen LogP) is 1.77. The summed E-state index contributed by atoms with van der Waals surface area (Å²) in [5.74, 6) is 1.34. The van der Waals surface area contributed by atoms with Gasteiger partial charge in [0.05, 0.1) is 0 Å². The molecule has 1 rings (SSSR count). The fraction of sp³-hybridized carbons (Fsp3) is 0.333. The van der Waals surface area contributed by atoms with E-state index in [0.717, 1.165) is 5.75 Å². The molecular weight excluding hydrogens is 236 g/mol. The fourth-order valence-electron chi connectivity index (χ4n) is 1.18. The number of nitrogens with one attached hydrogen (secondary N) is 2. The molecule has 3 amide bonds. The maximum Gasteiger partial charge on any atom is 0.321 e. The van der Waals surface area contributed by atoms with Crippen molar-refractivity contribution in [1.82, 2.24) is 10.6 Å². The number of carbonyl (C=O) groups is 2. The zero-order valence-electron chi connectivity index (χ0n) is 9.73. The summed E-state index contributed by atoms with van der Waals surface area (Å²) in [4.78, 5) is 22.1. The highest BCUT2D eigenvalue weighted by atomic mass is 32.2. The molecule has 17 heavy (non-hydrogen) atoms. The van der Waals surface area contributed by atoms with Crippen LogP contribution in [0.4, 0.5) is 4.79 Å². The Morgan fingerprint density at radius 2 is 1.94 bits per heavy atom. The Morgan fingerprint density at radius 1 is 1.24 bits per heavy atom. The average molecular weight is 252 g/mol. The number of urea groups is 1. The third-order valence-electron chi connectivity index (χ3n) is 2.07. The molecule has 0 saturated carbocycles.